The molecule has 4 rings (SSSR count). The summed E-state index contributed by atoms with van der Waals surface area (Å²) in [7, 11) is 0. The number of thiophene rings is 1. The van der Waals surface area contributed by atoms with Crippen LogP contribution in [0.1, 0.15) is 11.6 Å². The number of rotatable bonds is 5. The number of benzene rings is 1. The third-order valence-corrected chi connectivity index (χ3v) is 5.80. The van der Waals surface area contributed by atoms with Crippen molar-refractivity contribution in [1.82, 2.24) is 26.2 Å². The summed E-state index contributed by atoms with van der Waals surface area (Å²) in [5.74, 6) is -1.16. The minimum atomic E-state index is -1.16. The van der Waals surface area contributed by atoms with Crippen molar-refractivity contribution in [3.05, 3.63) is 45.7 Å². The first-order valence-electron chi connectivity index (χ1n) is 8.96. The molecule has 0 radical (unpaired) electrons. The summed E-state index contributed by atoms with van der Waals surface area (Å²) in [4.78, 5) is 52.9. The SMILES string of the molecule is [N-]=[N+]=NC1NC(=O)[C@H]1NC(=O)C(NC(=O)N1CCNC1=O)c1csc2ccccc12. The molecule has 30 heavy (non-hydrogen) atoms. The summed E-state index contributed by atoms with van der Waals surface area (Å²) in [5.41, 5.74) is 9.11. The Balaban J connectivity index is 1.62. The first-order valence-corrected chi connectivity index (χ1v) is 9.84. The monoisotopic (exact) mass is 428 g/mol. The van der Waals surface area contributed by atoms with Crippen LogP contribution >= 0.6 is 11.3 Å². The van der Waals surface area contributed by atoms with Gasteiger partial charge in [0.2, 0.25) is 11.8 Å². The number of nitrogens with one attached hydrogen (secondary N) is 4. The number of fused-ring (bicyclic) bond motifs is 1. The minimum absolute atomic E-state index is 0.174. The van der Waals surface area contributed by atoms with E-state index >= 15 is 0 Å². The molecule has 154 valence electrons. The molecule has 2 unspecified atom stereocenters. The van der Waals surface area contributed by atoms with Crippen LogP contribution in [0.2, 0.25) is 0 Å². The van der Waals surface area contributed by atoms with Crippen molar-refractivity contribution in [2.24, 2.45) is 5.11 Å². The fourth-order valence-corrected chi connectivity index (χ4v) is 4.26. The van der Waals surface area contributed by atoms with Crippen molar-refractivity contribution in [2.45, 2.75) is 18.2 Å². The van der Waals surface area contributed by atoms with E-state index < -0.39 is 42.1 Å². The average molecular weight is 428 g/mol. The number of imide groups is 1. The molecule has 3 atom stereocenters. The largest absolute Gasteiger partial charge is 0.343 e. The lowest BCUT2D eigenvalue weighted by molar-refractivity contribution is -0.136. The molecule has 4 N–H and O–H groups in total. The molecule has 0 bridgehead atoms. The Morgan fingerprint density at radius 3 is 2.83 bits per heavy atom. The van der Waals surface area contributed by atoms with E-state index in [1.54, 1.807) is 11.4 Å². The highest BCUT2D eigenvalue weighted by molar-refractivity contribution is 7.17. The Labute approximate surface area is 173 Å². The van der Waals surface area contributed by atoms with Crippen molar-refractivity contribution < 1.29 is 19.2 Å². The number of β-lactam (4-membered cyclic amide) rings is 1. The Morgan fingerprint density at radius 1 is 1.33 bits per heavy atom. The molecule has 2 aliphatic rings. The number of carbonyl (C=O) groups is 4. The summed E-state index contributed by atoms with van der Waals surface area (Å²) < 4.78 is 0.909. The molecule has 1 aromatic carbocycles. The van der Waals surface area contributed by atoms with Gasteiger partial charge < -0.3 is 21.3 Å². The molecule has 3 heterocycles. The summed E-state index contributed by atoms with van der Waals surface area (Å²) in [6.45, 7) is 0.494. The molecule has 2 aliphatic heterocycles. The quantitative estimate of drug-likeness (QED) is 0.241. The number of hydrogen-bond donors (Lipinski definition) is 4. The van der Waals surface area contributed by atoms with Crippen LogP contribution < -0.4 is 21.3 Å². The topological polar surface area (TPSA) is 168 Å². The fraction of sp³-hybridized carbons (Fsp3) is 0.294. The van der Waals surface area contributed by atoms with E-state index in [1.165, 1.54) is 11.3 Å². The fourth-order valence-electron chi connectivity index (χ4n) is 3.27. The van der Waals surface area contributed by atoms with Gasteiger partial charge in [0.15, 0.2) is 0 Å². The number of hydrogen-bond acceptors (Lipinski definition) is 6. The van der Waals surface area contributed by atoms with Gasteiger partial charge in [-0.2, -0.15) is 0 Å². The van der Waals surface area contributed by atoms with E-state index in [0.29, 0.717) is 12.1 Å². The normalized spacial score (nSPS) is 21.1. The van der Waals surface area contributed by atoms with Gasteiger partial charge in [-0.05, 0) is 22.4 Å². The van der Waals surface area contributed by atoms with Gasteiger partial charge in [-0.15, -0.1) is 11.3 Å². The van der Waals surface area contributed by atoms with Gasteiger partial charge in [0, 0.05) is 28.3 Å². The molecule has 2 aromatic rings. The van der Waals surface area contributed by atoms with Gasteiger partial charge in [0.1, 0.15) is 18.2 Å². The molecule has 12 nitrogen and oxygen atoms in total. The predicted molar refractivity (Wildman–Crippen MR) is 106 cm³/mol. The lowest BCUT2D eigenvalue weighted by Crippen LogP contribution is -2.69. The minimum Gasteiger partial charge on any atom is -0.343 e. The lowest BCUT2D eigenvalue weighted by Gasteiger charge is -2.34. The first-order chi connectivity index (χ1) is 14.5. The van der Waals surface area contributed by atoms with E-state index in [2.05, 4.69) is 31.3 Å². The number of urea groups is 2. The van der Waals surface area contributed by atoms with E-state index in [0.717, 1.165) is 15.0 Å². The number of azide groups is 1. The summed E-state index contributed by atoms with van der Waals surface area (Å²) >= 11 is 1.40. The van der Waals surface area contributed by atoms with Crippen LogP contribution in [-0.2, 0) is 9.59 Å². The molecule has 2 saturated heterocycles. The van der Waals surface area contributed by atoms with E-state index in [4.69, 9.17) is 5.53 Å². The lowest BCUT2D eigenvalue weighted by atomic mass is 10.0. The second-order valence-electron chi connectivity index (χ2n) is 6.60. The Kier molecular flexibility index (Phi) is 5.12. The van der Waals surface area contributed by atoms with E-state index in [9.17, 15) is 19.2 Å². The number of carbonyl (C=O) groups excluding carboxylic acids is 4. The van der Waals surface area contributed by atoms with Gasteiger partial charge in [-0.25, -0.2) is 14.5 Å². The maximum absolute atomic E-state index is 13.1. The maximum atomic E-state index is 13.1. The Bertz CT molecular complexity index is 1090. The molecule has 6 amide bonds. The van der Waals surface area contributed by atoms with Gasteiger partial charge >= 0.3 is 12.1 Å². The highest BCUT2D eigenvalue weighted by Crippen LogP contribution is 2.31. The van der Waals surface area contributed by atoms with Crippen molar-refractivity contribution in [3.8, 4) is 0 Å². The summed E-state index contributed by atoms with van der Waals surface area (Å²) in [6, 6.07) is 3.86. The van der Waals surface area contributed by atoms with Crippen LogP contribution in [0.15, 0.2) is 34.8 Å². The van der Waals surface area contributed by atoms with Crippen LogP contribution in [0.25, 0.3) is 20.5 Å². The molecule has 13 heteroatoms. The third kappa shape index (κ3) is 3.47. The zero-order valence-corrected chi connectivity index (χ0v) is 16.2. The van der Waals surface area contributed by atoms with Crippen LogP contribution in [-0.4, -0.2) is 54.1 Å². The van der Waals surface area contributed by atoms with Crippen LogP contribution in [0.5, 0.6) is 0 Å². The molecule has 0 spiro atoms. The molecule has 0 aliphatic carbocycles. The zero-order chi connectivity index (χ0) is 21.3. The van der Waals surface area contributed by atoms with Gasteiger partial charge in [-0.3, -0.25) is 9.59 Å². The average Bonchev–Trinajstić information content (AvgIpc) is 3.36. The third-order valence-electron chi connectivity index (χ3n) is 4.82. The summed E-state index contributed by atoms with van der Waals surface area (Å²) in [6.07, 6.45) is -0.911. The number of amides is 6. The molecule has 1 aromatic heterocycles. The maximum Gasteiger partial charge on any atom is 0.326 e. The van der Waals surface area contributed by atoms with Gasteiger partial charge in [0.05, 0.1) is 0 Å². The molecule has 0 saturated carbocycles. The molecule has 2 fully saturated rings. The van der Waals surface area contributed by atoms with Crippen LogP contribution in [0, 0.1) is 0 Å². The molecular formula is C17H16N8O4S. The highest BCUT2D eigenvalue weighted by Gasteiger charge is 2.42. The van der Waals surface area contributed by atoms with Crippen molar-refractivity contribution in [2.75, 3.05) is 13.1 Å². The first kappa shape index (κ1) is 19.5. The second kappa shape index (κ2) is 7.89. The molecular weight excluding hydrogens is 412 g/mol. The predicted octanol–water partition coefficient (Wildman–Crippen LogP) is 0.928. The smallest absolute Gasteiger partial charge is 0.326 e. The Hall–Kier alpha value is -3.83. The van der Waals surface area contributed by atoms with Crippen LogP contribution in [0.4, 0.5) is 9.59 Å². The Morgan fingerprint density at radius 2 is 2.13 bits per heavy atom. The van der Waals surface area contributed by atoms with Crippen LogP contribution in [0.3, 0.4) is 0 Å². The van der Waals surface area contributed by atoms with Crippen molar-refractivity contribution in [3.63, 3.8) is 0 Å². The number of nitrogens with zero attached hydrogens (tertiary/aromatic N) is 4. The van der Waals surface area contributed by atoms with Crippen molar-refractivity contribution in [1.29, 1.82) is 0 Å². The van der Waals surface area contributed by atoms with Gasteiger partial charge in [0.25, 0.3) is 0 Å². The highest BCUT2D eigenvalue weighted by atomic mass is 32.1. The van der Waals surface area contributed by atoms with E-state index in [1.807, 2.05) is 18.2 Å². The van der Waals surface area contributed by atoms with Gasteiger partial charge in [-0.1, -0.05) is 23.3 Å². The zero-order valence-electron chi connectivity index (χ0n) is 15.4. The van der Waals surface area contributed by atoms with Crippen molar-refractivity contribution >= 4 is 45.3 Å². The standard InChI is InChI=1S/C17H16N8O4S/c18-24-23-13-12(15(27)22-13)20-14(26)11(21-17(29)25-6-5-19-16(25)28)9-7-30-10-4-2-1-3-8(9)10/h1-4,7,11-13H,5-6H2,(H,19,28)(H,20,26)(H,21,29)(H,22,27)/t11?,12-,13?/m0/s1. The van der Waals surface area contributed by atoms with E-state index in [-0.39, 0.29) is 6.54 Å². The second-order valence-corrected chi connectivity index (χ2v) is 7.51. The summed E-state index contributed by atoms with van der Waals surface area (Å²) in [5, 5.41) is 15.9.